The molecule has 16 heteroatoms. The Hall–Kier alpha value is -9.70. The van der Waals surface area contributed by atoms with E-state index in [1.165, 1.54) is 38.9 Å². The van der Waals surface area contributed by atoms with Crippen molar-refractivity contribution >= 4 is 57.9 Å². The van der Waals surface area contributed by atoms with Gasteiger partial charge in [-0.2, -0.15) is 0 Å². The van der Waals surface area contributed by atoms with Gasteiger partial charge in [-0.25, -0.2) is 34.9 Å². The highest BCUT2D eigenvalue weighted by Crippen LogP contribution is 2.54. The van der Waals surface area contributed by atoms with Gasteiger partial charge in [0, 0.05) is 102 Å². The molecule has 1 saturated carbocycles. The second-order valence-corrected chi connectivity index (χ2v) is 37.5. The summed E-state index contributed by atoms with van der Waals surface area (Å²) in [4.78, 5) is 89.6. The number of benzene rings is 3. The lowest BCUT2D eigenvalue weighted by molar-refractivity contribution is 0.100. The second-order valence-electron chi connectivity index (χ2n) is 37.5. The molecule has 0 bridgehead atoms. The molecule has 0 saturated heterocycles. The predicted molar refractivity (Wildman–Crippen MR) is 462 cm³/mol. The molecular weight excluding hydrogens is 1390 g/mol. The van der Waals surface area contributed by atoms with Gasteiger partial charge in [-0.3, -0.25) is 29.1 Å². The molecule has 9 aromatic rings. The Labute approximate surface area is 671 Å². The van der Waals surface area contributed by atoms with E-state index in [2.05, 4.69) is 279 Å². The highest BCUT2D eigenvalue weighted by atomic mass is 16.5. The first-order chi connectivity index (χ1) is 51.9. The zero-order valence-electron chi connectivity index (χ0n) is 73.3. The Morgan fingerprint density at radius 3 is 1.16 bits per heavy atom. The van der Waals surface area contributed by atoms with Gasteiger partial charge in [0.25, 0.3) is 0 Å². The summed E-state index contributed by atoms with van der Waals surface area (Å²) in [5.41, 5.74) is 16.6. The molecule has 112 heavy (non-hydrogen) atoms. The maximum Gasteiger partial charge on any atom is 0.231 e. The van der Waals surface area contributed by atoms with Gasteiger partial charge in [0.15, 0.2) is 23.1 Å². The van der Waals surface area contributed by atoms with Crippen LogP contribution in [0, 0.1) is 18.8 Å². The Balaban J connectivity index is 0.000000208. The minimum Gasteiger partial charge on any atom is -0.493 e. The molecule has 0 aliphatic heterocycles. The van der Waals surface area contributed by atoms with Crippen LogP contribution in [0.1, 0.15) is 323 Å². The lowest BCUT2D eigenvalue weighted by atomic mass is 9.80. The fourth-order valence-corrected chi connectivity index (χ4v) is 12.5. The van der Waals surface area contributed by atoms with Crippen LogP contribution in [0.4, 0.5) is 34.8 Å². The second kappa shape index (κ2) is 36.4. The molecule has 0 atom stereocenters. The fraction of sp³-hybridized carbons (Fsp3) is 0.479. The standard InChI is InChI=1S/C27H33N3O.C23H34N4O.C23H30N2O2.C23H32N2O/c1-19(31)21-8-9-25(29-17-21)30(18-20-10-12-28-13-11-20)24-15-22(26(2,3)4)14-23(16-24)27(5,6)7;1-15(2)14-27(20-11-10-17(13-24-20)16(3)28)21-25-18(22(4,5)6)12-19(26-21)23(7,8)9;1-14(2)13-27-21-10-20(16(5)9-19(21)15(3)4)23(7-8-23)22-24-11-18(12-25-22)17(6)26;1-9-25(21-11-10-17(15-24-21)16(2)26)20-13-18(22(3,4)5)12-19(14-20)23(6,7)8/h8-17H,18H2,1-7H3;10-13,15H,14H2,1-9H3;9-12,14-15H,7-8,13H2,1-6H3;10-15H,9H2,1-8H3. The molecule has 0 amide bonds. The summed E-state index contributed by atoms with van der Waals surface area (Å²) < 4.78 is 6.18. The number of anilines is 6. The summed E-state index contributed by atoms with van der Waals surface area (Å²) >= 11 is 0. The average molecular weight is 1520 g/mol. The first kappa shape index (κ1) is 89.5. The molecular formula is C96H129N11O5. The molecule has 6 aromatic heterocycles. The number of nitrogens with zero attached hydrogens (tertiary/aromatic N) is 11. The van der Waals surface area contributed by atoms with E-state index < -0.39 is 0 Å². The van der Waals surface area contributed by atoms with Crippen molar-refractivity contribution in [3.63, 3.8) is 0 Å². The molecule has 1 aliphatic rings. The third-order valence-electron chi connectivity index (χ3n) is 20.0. The van der Waals surface area contributed by atoms with Crippen LogP contribution in [0.15, 0.2) is 147 Å². The van der Waals surface area contributed by atoms with E-state index in [1.807, 2.05) is 60.9 Å². The number of Topliss-reactive ketones (excluding diaryl/α,β-unsaturated/α-hetero) is 4. The molecule has 6 heterocycles. The molecule has 1 aliphatic carbocycles. The molecule has 0 unspecified atom stereocenters. The van der Waals surface area contributed by atoms with Crippen LogP contribution in [0.2, 0.25) is 0 Å². The molecule has 0 spiro atoms. The predicted octanol–water partition coefficient (Wildman–Crippen LogP) is 23.3. The maximum atomic E-state index is 11.7. The number of carbonyl (C=O) groups is 4. The Bertz CT molecular complexity index is 4580. The lowest BCUT2D eigenvalue weighted by Crippen LogP contribution is -2.29. The van der Waals surface area contributed by atoms with Gasteiger partial charge >= 0.3 is 0 Å². The maximum absolute atomic E-state index is 11.7. The zero-order chi connectivity index (χ0) is 83.6. The molecule has 598 valence electrons. The van der Waals surface area contributed by atoms with Crippen molar-refractivity contribution in [3.05, 3.63) is 230 Å². The Morgan fingerprint density at radius 1 is 0.446 bits per heavy atom. The van der Waals surface area contributed by atoms with Crippen molar-refractivity contribution in [2.45, 2.75) is 271 Å². The van der Waals surface area contributed by atoms with Crippen molar-refractivity contribution in [1.82, 2.24) is 39.9 Å². The third kappa shape index (κ3) is 24.2. The topological polar surface area (TPSA) is 190 Å². The number of carbonyl (C=O) groups excluding carboxylic acids is 4. The fourth-order valence-electron chi connectivity index (χ4n) is 12.5. The minimum absolute atomic E-state index is 0.00626. The third-order valence-corrected chi connectivity index (χ3v) is 20.0. The van der Waals surface area contributed by atoms with Crippen molar-refractivity contribution in [2.75, 3.05) is 34.4 Å². The first-order valence-corrected chi connectivity index (χ1v) is 39.9. The van der Waals surface area contributed by atoms with Crippen molar-refractivity contribution in [2.24, 2.45) is 11.8 Å². The van der Waals surface area contributed by atoms with Gasteiger partial charge in [-0.1, -0.05) is 184 Å². The molecule has 10 rings (SSSR count). The highest BCUT2D eigenvalue weighted by Gasteiger charge is 2.50. The molecule has 0 radical (unpaired) electrons. The van der Waals surface area contributed by atoms with Gasteiger partial charge in [-0.05, 0) is 223 Å². The zero-order valence-corrected chi connectivity index (χ0v) is 73.3. The van der Waals surface area contributed by atoms with Crippen LogP contribution >= 0.6 is 0 Å². The van der Waals surface area contributed by atoms with Gasteiger partial charge < -0.3 is 14.5 Å². The van der Waals surface area contributed by atoms with Crippen LogP contribution in [0.5, 0.6) is 5.75 Å². The SMILES string of the molecule is CC(=O)c1ccc(N(CC(C)C)c2nc(C(C)(C)C)cc(C(C)(C)C)n2)nc1.CC(=O)c1ccc(N(Cc2ccncc2)c2cc(C(C)(C)C)cc(C(C)(C)C)c2)nc1.CC(=O)c1cnc(C2(c3cc(OCC(C)C)c(C(C)C)cc3C)CC2)nc1.CCN(c1cc(C(C)(C)C)cc(C(C)(C)C)c1)c1ccc(C(C)=O)cn1. The van der Waals surface area contributed by atoms with Crippen molar-refractivity contribution < 1.29 is 23.9 Å². The van der Waals surface area contributed by atoms with Crippen LogP contribution in [0.25, 0.3) is 0 Å². The van der Waals surface area contributed by atoms with E-state index in [0.29, 0.717) is 59.1 Å². The lowest BCUT2D eigenvalue weighted by Gasteiger charge is -2.30. The first-order valence-electron chi connectivity index (χ1n) is 39.9. The number of hydrogen-bond acceptors (Lipinski definition) is 16. The van der Waals surface area contributed by atoms with Gasteiger partial charge in [0.2, 0.25) is 5.95 Å². The normalized spacial score (nSPS) is 12.9. The summed E-state index contributed by atoms with van der Waals surface area (Å²) in [6.45, 7) is 66.4. The number of aromatic nitrogens is 8. The Kier molecular flexibility index (Phi) is 29.1. The van der Waals surface area contributed by atoms with E-state index in [1.54, 1.807) is 58.7 Å². The summed E-state index contributed by atoms with van der Waals surface area (Å²) in [6, 6.07) is 35.6. The summed E-state index contributed by atoms with van der Waals surface area (Å²) in [5, 5.41) is 0. The molecule has 3 aromatic carbocycles. The summed E-state index contributed by atoms with van der Waals surface area (Å²) in [7, 11) is 0. The van der Waals surface area contributed by atoms with Crippen LogP contribution in [-0.2, 0) is 44.4 Å². The van der Waals surface area contributed by atoms with E-state index in [9.17, 15) is 19.2 Å². The summed E-state index contributed by atoms with van der Waals surface area (Å²) in [6.07, 6.45) is 13.9. The average Bonchev–Trinajstić information content (AvgIpc) is 1.56. The minimum atomic E-state index is -0.148. The van der Waals surface area contributed by atoms with Gasteiger partial charge in [0.1, 0.15) is 29.0 Å². The van der Waals surface area contributed by atoms with E-state index in [-0.39, 0.29) is 61.0 Å². The van der Waals surface area contributed by atoms with E-state index >= 15 is 0 Å². The molecule has 0 N–H and O–H groups in total. The molecule has 1 fully saturated rings. The van der Waals surface area contributed by atoms with Crippen molar-refractivity contribution in [3.8, 4) is 5.75 Å². The Morgan fingerprint density at radius 2 is 0.830 bits per heavy atom. The van der Waals surface area contributed by atoms with E-state index in [4.69, 9.17) is 14.7 Å². The number of aryl methyl sites for hydroxylation is 1. The van der Waals surface area contributed by atoms with Crippen LogP contribution in [0.3, 0.4) is 0 Å². The van der Waals surface area contributed by atoms with Crippen LogP contribution in [-0.4, -0.2) is 82.7 Å². The number of hydrogen-bond donors (Lipinski definition) is 0. The van der Waals surface area contributed by atoms with Gasteiger partial charge in [-0.15, -0.1) is 0 Å². The smallest absolute Gasteiger partial charge is 0.231 e. The van der Waals surface area contributed by atoms with Gasteiger partial charge in [0.05, 0.1) is 29.0 Å². The summed E-state index contributed by atoms with van der Waals surface area (Å²) in [5.74, 6) is 6.22. The number of rotatable bonds is 21. The number of ether oxygens (including phenoxy) is 1. The quantitative estimate of drug-likeness (QED) is 0.0617. The highest BCUT2D eigenvalue weighted by molar-refractivity contribution is 5.95. The number of pyridine rings is 4. The number of ketones is 4. The van der Waals surface area contributed by atoms with Crippen LogP contribution < -0.4 is 19.4 Å². The monoisotopic (exact) mass is 1520 g/mol. The largest absolute Gasteiger partial charge is 0.493 e. The molecule has 16 nitrogen and oxygen atoms in total. The van der Waals surface area contributed by atoms with E-state index in [0.717, 1.165) is 83.3 Å². The van der Waals surface area contributed by atoms with Crippen molar-refractivity contribution in [1.29, 1.82) is 0 Å².